The van der Waals surface area contributed by atoms with E-state index in [0.29, 0.717) is 18.0 Å². The van der Waals surface area contributed by atoms with E-state index >= 15 is 0 Å². The van der Waals surface area contributed by atoms with Crippen LogP contribution in [-0.2, 0) is 14.4 Å². The molecule has 0 aliphatic heterocycles. The summed E-state index contributed by atoms with van der Waals surface area (Å²) in [5, 5.41) is 0. The van der Waals surface area contributed by atoms with Crippen molar-refractivity contribution in [2.45, 2.75) is 78.1 Å². The van der Waals surface area contributed by atoms with Gasteiger partial charge in [-0.2, -0.15) is 0 Å². The van der Waals surface area contributed by atoms with E-state index in [-0.39, 0.29) is 5.78 Å². The van der Waals surface area contributed by atoms with Gasteiger partial charge >= 0.3 is 0 Å². The van der Waals surface area contributed by atoms with Crippen LogP contribution in [0.4, 0.5) is 0 Å². The molecule has 2 aliphatic rings. The lowest BCUT2D eigenvalue weighted by Crippen LogP contribution is -2.02. The summed E-state index contributed by atoms with van der Waals surface area (Å²) in [6.07, 6.45) is 9.88. The molecule has 0 aromatic heterocycles. The smallest absolute Gasteiger partial charge is 0.132 e. The molecule has 0 atom stereocenters. The van der Waals surface area contributed by atoms with Gasteiger partial charge < -0.3 is 4.79 Å². The van der Waals surface area contributed by atoms with Crippen molar-refractivity contribution in [3.63, 3.8) is 0 Å². The molecule has 2 fully saturated rings. The largest absolute Gasteiger partial charge is 0.300 e. The van der Waals surface area contributed by atoms with Crippen LogP contribution in [0, 0.1) is 0 Å². The van der Waals surface area contributed by atoms with Gasteiger partial charge in [0.15, 0.2) is 0 Å². The highest BCUT2D eigenvalue weighted by molar-refractivity contribution is 5.80. The summed E-state index contributed by atoms with van der Waals surface area (Å²) in [5.74, 6) is 1.17. The molecule has 0 N–H and O–H groups in total. The van der Waals surface area contributed by atoms with Crippen LogP contribution in [-0.4, -0.2) is 17.3 Å². The Hall–Kier alpha value is -0.990. The van der Waals surface area contributed by atoms with Crippen molar-refractivity contribution in [2.24, 2.45) is 0 Å². The first-order valence-corrected chi connectivity index (χ1v) is 7.09. The lowest BCUT2D eigenvalue weighted by molar-refractivity contribution is -0.120. The molecule has 0 heterocycles. The van der Waals surface area contributed by atoms with E-state index in [1.54, 1.807) is 6.92 Å². The maximum atomic E-state index is 10.5. The first-order valence-electron chi connectivity index (χ1n) is 7.09. The molecule has 0 amide bonds. The normalized spacial score (nSPS) is 18.3. The summed E-state index contributed by atoms with van der Waals surface area (Å²) < 4.78 is 0. The fourth-order valence-electron chi connectivity index (χ4n) is 1.72. The third-order valence-corrected chi connectivity index (χ3v) is 3.07. The van der Waals surface area contributed by atoms with Gasteiger partial charge in [-0.25, -0.2) is 0 Å². The van der Waals surface area contributed by atoms with Crippen molar-refractivity contribution in [1.29, 1.82) is 0 Å². The summed E-state index contributed by atoms with van der Waals surface area (Å²) in [6, 6.07) is 0. The molecule has 0 saturated heterocycles. The molecule has 2 saturated carbocycles. The number of carbonyl (C=O) groups is 3. The van der Waals surface area contributed by atoms with Crippen molar-refractivity contribution in [2.75, 3.05) is 0 Å². The Kier molecular flexibility index (Phi) is 10.5. The van der Waals surface area contributed by atoms with Crippen LogP contribution in [0.5, 0.6) is 0 Å². The van der Waals surface area contributed by atoms with Crippen LogP contribution in [0.25, 0.3) is 0 Å². The van der Waals surface area contributed by atoms with Gasteiger partial charge in [0.2, 0.25) is 0 Å². The SMILES string of the molecule is CCC(C)=O.O=C1CCCC1.O=C1CCCCC1. The number of Topliss-reactive ketones (excluding diaryl/α,β-unsaturated/α-hetero) is 3. The molecular weight excluding hydrogens is 228 g/mol. The average Bonchev–Trinajstić information content (AvgIpc) is 2.83. The van der Waals surface area contributed by atoms with E-state index in [1.807, 2.05) is 6.92 Å². The van der Waals surface area contributed by atoms with Crippen LogP contribution in [0.2, 0.25) is 0 Å². The standard InChI is InChI=1S/C6H10O.C5H8O.C4H8O/c7-6-4-2-1-3-5-6;6-5-3-1-2-4-5;1-3-4(2)5/h1-5H2;1-4H2;3H2,1-2H3. The second-order valence-corrected chi connectivity index (χ2v) is 4.90. The molecule has 0 radical (unpaired) electrons. The van der Waals surface area contributed by atoms with Gasteiger partial charge in [0, 0.05) is 32.1 Å². The molecule has 0 bridgehead atoms. The first kappa shape index (κ1) is 17.0. The Morgan fingerprint density at radius 1 is 0.833 bits per heavy atom. The lowest BCUT2D eigenvalue weighted by Gasteiger charge is -2.05. The van der Waals surface area contributed by atoms with Crippen LogP contribution < -0.4 is 0 Å². The summed E-state index contributed by atoms with van der Waals surface area (Å²) >= 11 is 0. The highest BCUT2D eigenvalue weighted by Gasteiger charge is 2.07. The molecule has 0 spiro atoms. The number of hydrogen-bond donors (Lipinski definition) is 0. The van der Waals surface area contributed by atoms with E-state index in [9.17, 15) is 14.4 Å². The molecule has 3 heteroatoms. The van der Waals surface area contributed by atoms with E-state index in [1.165, 1.54) is 6.42 Å². The summed E-state index contributed by atoms with van der Waals surface area (Å²) in [7, 11) is 0. The molecule has 3 nitrogen and oxygen atoms in total. The molecule has 2 rings (SSSR count). The van der Waals surface area contributed by atoms with Gasteiger partial charge in [-0.3, -0.25) is 9.59 Å². The molecule has 2 aliphatic carbocycles. The van der Waals surface area contributed by atoms with E-state index in [0.717, 1.165) is 51.4 Å². The quantitative estimate of drug-likeness (QED) is 0.718. The minimum Gasteiger partial charge on any atom is -0.300 e. The maximum Gasteiger partial charge on any atom is 0.132 e. The highest BCUT2D eigenvalue weighted by atomic mass is 16.1. The van der Waals surface area contributed by atoms with Crippen molar-refractivity contribution >= 4 is 17.3 Å². The fraction of sp³-hybridized carbons (Fsp3) is 0.800. The molecule has 104 valence electrons. The second kappa shape index (κ2) is 11.1. The number of carbonyl (C=O) groups excluding carboxylic acids is 3. The predicted octanol–water partition coefficient (Wildman–Crippen LogP) is 3.63. The van der Waals surface area contributed by atoms with Gasteiger partial charge in [-0.05, 0) is 32.6 Å². The maximum absolute atomic E-state index is 10.5. The zero-order valence-electron chi connectivity index (χ0n) is 11.8. The Morgan fingerprint density at radius 3 is 1.28 bits per heavy atom. The third-order valence-electron chi connectivity index (χ3n) is 3.07. The topological polar surface area (TPSA) is 51.2 Å². The van der Waals surface area contributed by atoms with E-state index in [4.69, 9.17) is 0 Å². The van der Waals surface area contributed by atoms with Crippen LogP contribution in [0.15, 0.2) is 0 Å². The molecular formula is C15H26O3. The van der Waals surface area contributed by atoms with E-state index in [2.05, 4.69) is 0 Å². The summed E-state index contributed by atoms with van der Waals surface area (Å²) in [6.45, 7) is 3.43. The summed E-state index contributed by atoms with van der Waals surface area (Å²) in [5.41, 5.74) is 0. The average molecular weight is 254 g/mol. The van der Waals surface area contributed by atoms with Gasteiger partial charge in [0.25, 0.3) is 0 Å². The van der Waals surface area contributed by atoms with Crippen molar-refractivity contribution in [3.8, 4) is 0 Å². The fourth-order valence-corrected chi connectivity index (χ4v) is 1.72. The minimum absolute atomic E-state index is 0.255. The molecule has 18 heavy (non-hydrogen) atoms. The Balaban J connectivity index is 0.000000245. The van der Waals surface area contributed by atoms with Gasteiger partial charge in [0.1, 0.15) is 17.3 Å². The zero-order chi connectivity index (χ0) is 13.8. The van der Waals surface area contributed by atoms with Crippen LogP contribution in [0.1, 0.15) is 78.1 Å². The molecule has 0 unspecified atom stereocenters. The van der Waals surface area contributed by atoms with Crippen molar-refractivity contribution < 1.29 is 14.4 Å². The second-order valence-electron chi connectivity index (χ2n) is 4.90. The van der Waals surface area contributed by atoms with Crippen molar-refractivity contribution in [1.82, 2.24) is 0 Å². The molecule has 0 aromatic rings. The Bertz CT molecular complexity index is 253. The number of hydrogen-bond acceptors (Lipinski definition) is 3. The number of rotatable bonds is 1. The first-order chi connectivity index (χ1) is 8.56. The molecule has 0 aromatic carbocycles. The predicted molar refractivity (Wildman–Crippen MR) is 72.5 cm³/mol. The monoisotopic (exact) mass is 254 g/mol. The Labute approximate surface area is 110 Å². The number of ketones is 3. The Morgan fingerprint density at radius 2 is 1.11 bits per heavy atom. The van der Waals surface area contributed by atoms with Crippen molar-refractivity contribution in [3.05, 3.63) is 0 Å². The highest BCUT2D eigenvalue weighted by Crippen LogP contribution is 2.12. The van der Waals surface area contributed by atoms with Gasteiger partial charge in [0.05, 0.1) is 0 Å². The zero-order valence-corrected chi connectivity index (χ0v) is 11.8. The van der Waals surface area contributed by atoms with Gasteiger partial charge in [-0.1, -0.05) is 13.3 Å². The van der Waals surface area contributed by atoms with Gasteiger partial charge in [-0.15, -0.1) is 0 Å². The summed E-state index contributed by atoms with van der Waals surface area (Å²) in [4.78, 5) is 30.5. The van der Waals surface area contributed by atoms with Crippen LogP contribution in [0.3, 0.4) is 0 Å². The lowest BCUT2D eigenvalue weighted by atomic mass is 10.00. The van der Waals surface area contributed by atoms with Crippen LogP contribution >= 0.6 is 0 Å². The minimum atomic E-state index is 0.255. The van der Waals surface area contributed by atoms with E-state index < -0.39 is 0 Å². The third kappa shape index (κ3) is 11.5.